The highest BCUT2D eigenvalue weighted by molar-refractivity contribution is 5.92. The van der Waals surface area contributed by atoms with Gasteiger partial charge in [0.25, 0.3) is 0 Å². The molecule has 1 aromatic heterocycles. The van der Waals surface area contributed by atoms with Crippen molar-refractivity contribution in [1.29, 1.82) is 0 Å². The zero-order valence-electron chi connectivity index (χ0n) is 11.9. The third-order valence-electron chi connectivity index (χ3n) is 3.19. The number of hydrogen-bond donors (Lipinski definition) is 0. The summed E-state index contributed by atoms with van der Waals surface area (Å²) < 4.78 is 9.40. The van der Waals surface area contributed by atoms with E-state index in [0.717, 1.165) is 32.2 Å². The summed E-state index contributed by atoms with van der Waals surface area (Å²) in [5, 5.41) is 0. The zero-order valence-corrected chi connectivity index (χ0v) is 11.9. The number of esters is 1. The lowest BCUT2D eigenvalue weighted by molar-refractivity contribution is -0.671. The van der Waals surface area contributed by atoms with Gasteiger partial charge in [0.15, 0.2) is 0 Å². The molecule has 0 N–H and O–H groups in total. The highest BCUT2D eigenvalue weighted by Crippen LogP contribution is 2.06. The lowest BCUT2D eigenvalue weighted by Gasteiger charge is -2.03. The molecule has 0 saturated heterocycles. The van der Waals surface area contributed by atoms with Crippen LogP contribution in [0.2, 0.25) is 0 Å². The fourth-order valence-electron chi connectivity index (χ4n) is 2.08. The molecule has 2 rings (SSSR count). The number of nitrogens with zero attached hydrogens (tertiary/aromatic N) is 2. The van der Waals surface area contributed by atoms with Crippen LogP contribution < -0.4 is 4.57 Å². The maximum absolute atomic E-state index is 11.5. The normalized spacial score (nSPS) is 12.8. The van der Waals surface area contributed by atoms with Crippen LogP contribution in [0.4, 0.5) is 0 Å². The first-order valence-corrected chi connectivity index (χ1v) is 7.07. The number of hydrogen-bond acceptors (Lipinski definition) is 2. The molecule has 0 unspecified atom stereocenters. The predicted molar refractivity (Wildman–Crippen MR) is 75.8 cm³/mol. The lowest BCUT2D eigenvalue weighted by Crippen LogP contribution is -2.23. The molecule has 0 aromatic carbocycles. The van der Waals surface area contributed by atoms with E-state index in [1.165, 1.54) is 0 Å². The van der Waals surface area contributed by atoms with Gasteiger partial charge in [-0.1, -0.05) is 6.08 Å². The summed E-state index contributed by atoms with van der Waals surface area (Å²) >= 11 is 0. The molecule has 0 spiro atoms. The van der Waals surface area contributed by atoms with Crippen molar-refractivity contribution in [3.05, 3.63) is 48.3 Å². The van der Waals surface area contributed by atoms with Crippen molar-refractivity contribution in [2.24, 2.45) is 7.05 Å². The minimum atomic E-state index is -0.269. The number of rotatable bonds is 8. The van der Waals surface area contributed by atoms with Gasteiger partial charge in [0, 0.05) is 0 Å². The number of aromatic nitrogens is 2. The number of allylic oxidation sites excluding steroid dienone is 1. The molecule has 20 heavy (non-hydrogen) atoms. The van der Waals surface area contributed by atoms with Gasteiger partial charge in [-0.05, 0) is 37.8 Å². The van der Waals surface area contributed by atoms with Crippen LogP contribution >= 0.6 is 0 Å². The summed E-state index contributed by atoms with van der Waals surface area (Å²) in [7, 11) is 2.02. The summed E-state index contributed by atoms with van der Waals surface area (Å²) in [6, 6.07) is 0. The Kier molecular flexibility index (Phi) is 5.39. The van der Waals surface area contributed by atoms with Gasteiger partial charge < -0.3 is 4.74 Å². The van der Waals surface area contributed by atoms with Crippen LogP contribution in [0.15, 0.2) is 48.3 Å². The van der Waals surface area contributed by atoms with Crippen molar-refractivity contribution < 1.29 is 14.1 Å². The first kappa shape index (κ1) is 14.4. The molecule has 1 heterocycles. The van der Waals surface area contributed by atoms with Gasteiger partial charge in [0.05, 0.1) is 20.2 Å². The number of aryl methyl sites for hydroxylation is 2. The molecule has 0 saturated carbocycles. The fourth-order valence-corrected chi connectivity index (χ4v) is 2.08. The maximum atomic E-state index is 11.5. The number of unbranched alkanes of at least 4 members (excludes halogenated alkanes) is 3. The van der Waals surface area contributed by atoms with Crippen molar-refractivity contribution in [3.63, 3.8) is 0 Å². The van der Waals surface area contributed by atoms with E-state index in [1.54, 1.807) is 18.2 Å². The molecular formula is C16H21N2O2+. The Labute approximate surface area is 119 Å². The lowest BCUT2D eigenvalue weighted by atomic mass is 10.2. The molecule has 0 aliphatic heterocycles. The monoisotopic (exact) mass is 273 g/mol. The van der Waals surface area contributed by atoms with E-state index in [2.05, 4.69) is 22.8 Å². The van der Waals surface area contributed by atoms with Crippen LogP contribution in [0.3, 0.4) is 0 Å². The van der Waals surface area contributed by atoms with Gasteiger partial charge in [-0.3, -0.25) is 0 Å². The summed E-state index contributed by atoms with van der Waals surface area (Å²) in [5.74, 6) is -0.269. The van der Waals surface area contributed by atoms with Gasteiger partial charge in [0.2, 0.25) is 6.33 Å². The van der Waals surface area contributed by atoms with Gasteiger partial charge in [-0.15, -0.1) is 5.73 Å². The molecule has 4 heteroatoms. The number of carbonyl (C=O) groups is 1. The van der Waals surface area contributed by atoms with Crippen molar-refractivity contribution in [2.75, 3.05) is 6.61 Å². The first-order valence-electron chi connectivity index (χ1n) is 7.07. The maximum Gasteiger partial charge on any atom is 0.346 e. The van der Waals surface area contributed by atoms with Crippen LogP contribution in [-0.4, -0.2) is 17.1 Å². The first-order chi connectivity index (χ1) is 9.75. The largest absolute Gasteiger partial charge is 0.462 e. The van der Waals surface area contributed by atoms with E-state index in [-0.39, 0.29) is 5.97 Å². The van der Waals surface area contributed by atoms with Crippen LogP contribution in [-0.2, 0) is 23.1 Å². The van der Waals surface area contributed by atoms with Crippen LogP contribution in [0.25, 0.3) is 0 Å². The number of ether oxygens (including phenoxy) is 1. The molecular weight excluding hydrogens is 252 g/mol. The number of imidazole rings is 1. The fraction of sp³-hybridized carbons (Fsp3) is 0.438. The molecule has 0 fully saturated rings. The summed E-state index contributed by atoms with van der Waals surface area (Å²) in [6.07, 6.45) is 15.8. The third kappa shape index (κ3) is 4.56. The van der Waals surface area contributed by atoms with Crippen molar-refractivity contribution in [1.82, 2.24) is 4.57 Å². The van der Waals surface area contributed by atoms with E-state index >= 15 is 0 Å². The minimum absolute atomic E-state index is 0.269. The molecule has 1 aliphatic carbocycles. The smallest absolute Gasteiger partial charge is 0.346 e. The molecule has 1 aliphatic rings. The molecule has 4 nitrogen and oxygen atoms in total. The highest BCUT2D eigenvalue weighted by Gasteiger charge is 2.08. The SMILES string of the molecule is C[n+]1ccn(CCCCCCOC(=O)C2=C=CC=C2)c1. The molecule has 1 aromatic rings. The summed E-state index contributed by atoms with van der Waals surface area (Å²) in [5.41, 5.74) is 3.36. The molecule has 0 bridgehead atoms. The second-order valence-corrected chi connectivity index (χ2v) is 4.95. The Morgan fingerprint density at radius 3 is 2.90 bits per heavy atom. The van der Waals surface area contributed by atoms with Crippen LogP contribution in [0, 0.1) is 0 Å². The Balaban J connectivity index is 1.49. The highest BCUT2D eigenvalue weighted by atomic mass is 16.5. The van der Waals surface area contributed by atoms with E-state index in [9.17, 15) is 4.79 Å². The third-order valence-corrected chi connectivity index (χ3v) is 3.19. The van der Waals surface area contributed by atoms with Crippen LogP contribution in [0.5, 0.6) is 0 Å². The van der Waals surface area contributed by atoms with E-state index in [0.29, 0.717) is 12.2 Å². The second-order valence-electron chi connectivity index (χ2n) is 4.95. The van der Waals surface area contributed by atoms with E-state index in [1.807, 2.05) is 17.8 Å². The molecule has 0 radical (unpaired) electrons. The van der Waals surface area contributed by atoms with Crippen molar-refractivity contribution >= 4 is 5.97 Å². The van der Waals surface area contributed by atoms with Gasteiger partial charge in [-0.25, -0.2) is 13.9 Å². The average molecular weight is 273 g/mol. The van der Waals surface area contributed by atoms with Crippen molar-refractivity contribution in [2.45, 2.75) is 32.2 Å². The molecule has 106 valence electrons. The molecule has 0 atom stereocenters. The van der Waals surface area contributed by atoms with Gasteiger partial charge >= 0.3 is 5.97 Å². The van der Waals surface area contributed by atoms with Crippen molar-refractivity contribution in [3.8, 4) is 0 Å². The number of carbonyl (C=O) groups excluding carboxylic acids is 1. The Morgan fingerprint density at radius 2 is 2.20 bits per heavy atom. The minimum Gasteiger partial charge on any atom is -0.462 e. The van der Waals surface area contributed by atoms with E-state index < -0.39 is 0 Å². The molecule has 0 amide bonds. The van der Waals surface area contributed by atoms with Gasteiger partial charge in [-0.2, -0.15) is 0 Å². The average Bonchev–Trinajstić information content (AvgIpc) is 3.09. The summed E-state index contributed by atoms with van der Waals surface area (Å²) in [4.78, 5) is 11.5. The van der Waals surface area contributed by atoms with Gasteiger partial charge in [0.1, 0.15) is 18.0 Å². The van der Waals surface area contributed by atoms with Crippen LogP contribution in [0.1, 0.15) is 25.7 Å². The summed E-state index contributed by atoms with van der Waals surface area (Å²) in [6.45, 7) is 1.54. The Hall–Kier alpha value is -2.06. The Bertz CT molecular complexity index is 549. The second kappa shape index (κ2) is 7.51. The topological polar surface area (TPSA) is 35.1 Å². The quantitative estimate of drug-likeness (QED) is 0.314. The standard InChI is InChI=1S/C16H21N2O2/c1-17-11-12-18(14-17)10-6-2-3-7-13-20-16(19)15-8-4-5-9-15/h4-5,8,11-12,14H,2-3,6-7,10,13H2,1H3/q+1. The van der Waals surface area contributed by atoms with E-state index in [4.69, 9.17) is 4.74 Å². The zero-order chi connectivity index (χ0) is 14.2. The Morgan fingerprint density at radius 1 is 1.35 bits per heavy atom. The predicted octanol–water partition coefficient (Wildman–Crippen LogP) is 2.07.